The summed E-state index contributed by atoms with van der Waals surface area (Å²) in [6.45, 7) is 11.7. The Morgan fingerprint density at radius 2 is 0.554 bits per heavy atom. The van der Waals surface area contributed by atoms with Gasteiger partial charge in [-0.2, -0.15) is 0 Å². The maximum absolute atomic E-state index is 13.1. The summed E-state index contributed by atoms with van der Waals surface area (Å²) >= 11 is 0. The van der Waals surface area contributed by atoms with Gasteiger partial charge in [0.1, 0.15) is 19.3 Å². The summed E-state index contributed by atoms with van der Waals surface area (Å²) in [6.07, 6.45) is 49.0. The highest BCUT2D eigenvalue weighted by Crippen LogP contribution is 2.45. The zero-order valence-corrected chi connectivity index (χ0v) is 61.8. The Morgan fingerprint density at radius 3 is 0.826 bits per heavy atom. The van der Waals surface area contributed by atoms with Crippen LogP contribution in [-0.4, -0.2) is 96.7 Å². The van der Waals surface area contributed by atoms with Gasteiger partial charge in [-0.15, -0.1) is 0 Å². The topological polar surface area (TPSA) is 237 Å². The number of aliphatic hydroxyl groups excluding tert-OH is 1. The van der Waals surface area contributed by atoms with Crippen LogP contribution in [0.5, 0.6) is 0 Å². The number of carbonyl (C=O) groups excluding carboxylic acids is 4. The summed E-state index contributed by atoms with van der Waals surface area (Å²) in [5, 5.41) is 10.6. The molecule has 0 aliphatic rings. The molecule has 0 saturated carbocycles. The maximum atomic E-state index is 13.1. The SMILES string of the molecule is CCCCCCCCCCCCCCCCCCCCCCC(=O)O[C@H](COC(=O)CCCCCCCCCCCCC(C)CC)COP(=O)(O)OC[C@@H](O)COP(=O)(O)OC[C@@H](COC(=O)CCCCCCCCC(C)C)OC(=O)CCCCCCCCC(C)C. The fourth-order valence-electron chi connectivity index (χ4n) is 11.0. The van der Waals surface area contributed by atoms with Gasteiger partial charge in [0, 0.05) is 25.7 Å². The second-order valence-electron chi connectivity index (χ2n) is 27.5. The standard InChI is InChI=1S/C73H142O17P2/c1-8-10-11-12-13-14-15-16-17-18-19-20-21-22-23-24-29-32-42-49-56-72(77)89-68(60-83-70(75)54-47-40-31-28-26-25-27-30-39-46-53-66(7)9-2)62-87-91(79,80)85-58-67(74)59-86-92(81,82)88-63-69(90-73(78)57-50-43-36-34-38-45-52-65(5)6)61-84-71(76)55-48-41-35-33-37-44-51-64(3)4/h64-69,74H,8-63H2,1-7H3,(H,79,80)(H,81,82)/t66?,67-,68-,69-/m1/s1. The first-order valence-electron chi connectivity index (χ1n) is 37.9. The molecule has 0 aliphatic heterocycles. The molecule has 0 aliphatic carbocycles. The van der Waals surface area contributed by atoms with Crippen molar-refractivity contribution in [3.8, 4) is 0 Å². The van der Waals surface area contributed by atoms with Gasteiger partial charge in [-0.1, -0.05) is 318 Å². The lowest BCUT2D eigenvalue weighted by molar-refractivity contribution is -0.161. The van der Waals surface area contributed by atoms with E-state index >= 15 is 0 Å². The summed E-state index contributed by atoms with van der Waals surface area (Å²) < 4.78 is 68.3. The van der Waals surface area contributed by atoms with Crippen molar-refractivity contribution in [3.63, 3.8) is 0 Å². The first-order chi connectivity index (χ1) is 44.3. The Labute approximate surface area is 562 Å². The van der Waals surface area contributed by atoms with E-state index in [1.807, 2.05) is 0 Å². The summed E-state index contributed by atoms with van der Waals surface area (Å²) in [6, 6.07) is 0. The largest absolute Gasteiger partial charge is 0.472 e. The molecule has 0 aromatic rings. The van der Waals surface area contributed by atoms with Crippen molar-refractivity contribution in [1.29, 1.82) is 0 Å². The molecular formula is C73H142O17P2. The molecule has 0 radical (unpaired) electrons. The predicted molar refractivity (Wildman–Crippen MR) is 372 cm³/mol. The number of hydrogen-bond donors (Lipinski definition) is 3. The second kappa shape index (κ2) is 63.8. The molecule has 6 atom stereocenters. The lowest BCUT2D eigenvalue weighted by Crippen LogP contribution is -2.30. The smallest absolute Gasteiger partial charge is 0.462 e. The van der Waals surface area contributed by atoms with E-state index in [1.165, 1.54) is 173 Å². The molecule has 0 heterocycles. The number of phosphoric acid groups is 2. The molecule has 3 unspecified atom stereocenters. The molecular weight excluding hydrogens is 1210 g/mol. The first kappa shape index (κ1) is 90.1. The number of hydrogen-bond acceptors (Lipinski definition) is 15. The predicted octanol–water partition coefficient (Wildman–Crippen LogP) is 21.0. The van der Waals surface area contributed by atoms with Crippen LogP contribution in [0.3, 0.4) is 0 Å². The van der Waals surface area contributed by atoms with Crippen LogP contribution in [0.25, 0.3) is 0 Å². The highest BCUT2D eigenvalue weighted by atomic mass is 31.2. The Hall–Kier alpha value is -1.94. The lowest BCUT2D eigenvalue weighted by atomic mass is 9.99. The molecule has 0 bridgehead atoms. The van der Waals surface area contributed by atoms with Crippen LogP contribution in [-0.2, 0) is 65.4 Å². The Morgan fingerprint density at radius 1 is 0.315 bits per heavy atom. The van der Waals surface area contributed by atoms with Crippen molar-refractivity contribution in [3.05, 3.63) is 0 Å². The number of unbranched alkanes of at least 4 members (excludes halogenated alkanes) is 38. The molecule has 92 heavy (non-hydrogen) atoms. The Kier molecular flexibility index (Phi) is 62.4. The molecule has 0 aromatic heterocycles. The van der Waals surface area contributed by atoms with E-state index in [-0.39, 0.29) is 25.7 Å². The molecule has 17 nitrogen and oxygen atoms in total. The van der Waals surface area contributed by atoms with Gasteiger partial charge in [-0.3, -0.25) is 37.3 Å². The molecule has 0 fully saturated rings. The van der Waals surface area contributed by atoms with Crippen LogP contribution in [0.2, 0.25) is 0 Å². The van der Waals surface area contributed by atoms with Crippen LogP contribution in [0.15, 0.2) is 0 Å². The molecule has 0 spiro atoms. The van der Waals surface area contributed by atoms with Crippen LogP contribution in [0.1, 0.15) is 370 Å². The molecule has 0 aromatic carbocycles. The Bertz CT molecular complexity index is 1800. The van der Waals surface area contributed by atoms with E-state index in [1.54, 1.807) is 0 Å². The lowest BCUT2D eigenvalue weighted by Gasteiger charge is -2.21. The van der Waals surface area contributed by atoms with Gasteiger partial charge in [-0.05, 0) is 43.4 Å². The van der Waals surface area contributed by atoms with Gasteiger partial charge in [0.05, 0.1) is 26.4 Å². The van der Waals surface area contributed by atoms with E-state index in [4.69, 9.17) is 37.0 Å². The highest BCUT2D eigenvalue weighted by molar-refractivity contribution is 7.47. The van der Waals surface area contributed by atoms with Gasteiger partial charge in [0.25, 0.3) is 0 Å². The van der Waals surface area contributed by atoms with E-state index in [0.29, 0.717) is 37.5 Å². The third-order valence-electron chi connectivity index (χ3n) is 17.2. The molecule has 0 rings (SSSR count). The summed E-state index contributed by atoms with van der Waals surface area (Å²) in [7, 11) is -9.90. The molecule has 3 N–H and O–H groups in total. The minimum absolute atomic E-state index is 0.101. The highest BCUT2D eigenvalue weighted by Gasteiger charge is 2.30. The minimum Gasteiger partial charge on any atom is -0.462 e. The quantitative estimate of drug-likeness (QED) is 0.0222. The van der Waals surface area contributed by atoms with Gasteiger partial charge < -0.3 is 33.8 Å². The number of carbonyl (C=O) groups is 4. The molecule has 546 valence electrons. The minimum atomic E-state index is -4.95. The normalized spacial score (nSPS) is 14.4. The number of phosphoric ester groups is 2. The summed E-state index contributed by atoms with van der Waals surface area (Å²) in [5.74, 6) is 0.0283. The first-order valence-corrected chi connectivity index (χ1v) is 40.9. The molecule has 19 heteroatoms. The van der Waals surface area contributed by atoms with E-state index < -0.39 is 97.5 Å². The third-order valence-corrected chi connectivity index (χ3v) is 19.1. The number of esters is 4. The van der Waals surface area contributed by atoms with E-state index in [0.717, 1.165) is 102 Å². The number of aliphatic hydroxyl groups is 1. The second-order valence-corrected chi connectivity index (χ2v) is 30.4. The van der Waals surface area contributed by atoms with Crippen molar-refractivity contribution in [2.24, 2.45) is 17.8 Å². The number of ether oxygens (including phenoxy) is 4. The number of rotatable bonds is 71. The monoisotopic (exact) mass is 1350 g/mol. The fourth-order valence-corrected chi connectivity index (χ4v) is 12.6. The van der Waals surface area contributed by atoms with Gasteiger partial charge in [-0.25, -0.2) is 9.13 Å². The molecule has 0 saturated heterocycles. The maximum Gasteiger partial charge on any atom is 0.472 e. The van der Waals surface area contributed by atoms with Crippen molar-refractivity contribution < 1.29 is 80.2 Å². The fraction of sp³-hybridized carbons (Fsp3) is 0.945. The zero-order chi connectivity index (χ0) is 68.0. The van der Waals surface area contributed by atoms with Crippen LogP contribution >= 0.6 is 15.6 Å². The average molecular weight is 1350 g/mol. The van der Waals surface area contributed by atoms with Gasteiger partial charge >= 0.3 is 39.5 Å². The van der Waals surface area contributed by atoms with Gasteiger partial charge in [0.2, 0.25) is 0 Å². The van der Waals surface area contributed by atoms with E-state index in [2.05, 4.69) is 48.5 Å². The van der Waals surface area contributed by atoms with Crippen molar-refractivity contribution in [2.45, 2.75) is 388 Å². The van der Waals surface area contributed by atoms with E-state index in [9.17, 15) is 43.2 Å². The molecule has 0 amide bonds. The summed E-state index contributed by atoms with van der Waals surface area (Å²) in [5.41, 5.74) is 0. The van der Waals surface area contributed by atoms with Crippen molar-refractivity contribution >= 4 is 39.5 Å². The Balaban J connectivity index is 5.19. The van der Waals surface area contributed by atoms with Crippen LogP contribution in [0.4, 0.5) is 0 Å². The van der Waals surface area contributed by atoms with Crippen molar-refractivity contribution in [2.75, 3.05) is 39.6 Å². The third kappa shape index (κ3) is 65.4. The van der Waals surface area contributed by atoms with Crippen molar-refractivity contribution in [1.82, 2.24) is 0 Å². The van der Waals surface area contributed by atoms with Crippen LogP contribution < -0.4 is 0 Å². The average Bonchev–Trinajstić information content (AvgIpc) is 2.24. The van der Waals surface area contributed by atoms with Gasteiger partial charge in [0.15, 0.2) is 12.2 Å². The summed E-state index contributed by atoms with van der Waals surface area (Å²) in [4.78, 5) is 72.5. The van der Waals surface area contributed by atoms with Crippen LogP contribution in [0, 0.1) is 17.8 Å². The zero-order valence-electron chi connectivity index (χ0n) is 60.0.